The van der Waals surface area contributed by atoms with Crippen LogP contribution >= 0.6 is 0 Å². The Hall–Kier alpha value is -1.12. The van der Waals surface area contributed by atoms with Crippen LogP contribution < -0.4 is 4.90 Å². The van der Waals surface area contributed by atoms with Gasteiger partial charge in [-0.15, -0.1) is 0 Å². The van der Waals surface area contributed by atoms with Gasteiger partial charge in [0.2, 0.25) is 0 Å². The summed E-state index contributed by atoms with van der Waals surface area (Å²) in [5.74, 6) is 1.59. The van der Waals surface area contributed by atoms with Crippen molar-refractivity contribution in [1.82, 2.24) is 9.97 Å². The van der Waals surface area contributed by atoms with Crippen molar-refractivity contribution in [3.8, 4) is 0 Å². The van der Waals surface area contributed by atoms with E-state index in [9.17, 15) is 0 Å². The molecule has 12 heavy (non-hydrogen) atoms. The van der Waals surface area contributed by atoms with Crippen LogP contribution in [-0.2, 0) is 0 Å². The van der Waals surface area contributed by atoms with Gasteiger partial charge in [-0.2, -0.15) is 0 Å². The van der Waals surface area contributed by atoms with Gasteiger partial charge in [0.15, 0.2) is 0 Å². The van der Waals surface area contributed by atoms with Gasteiger partial charge in [0, 0.05) is 26.0 Å². The number of nitrogens with zero attached hydrogens (tertiary/aromatic N) is 3. The van der Waals surface area contributed by atoms with Gasteiger partial charge in [0.25, 0.3) is 0 Å². The van der Waals surface area contributed by atoms with E-state index >= 15 is 0 Å². The van der Waals surface area contributed by atoms with E-state index in [1.54, 1.807) is 18.6 Å². The Bertz CT molecular complexity index is 220. The van der Waals surface area contributed by atoms with E-state index in [1.165, 1.54) is 0 Å². The lowest BCUT2D eigenvalue weighted by atomic mass is 10.2. The van der Waals surface area contributed by atoms with Crippen molar-refractivity contribution in [2.45, 2.75) is 13.8 Å². The van der Waals surface area contributed by atoms with Crippen LogP contribution in [0.5, 0.6) is 0 Å². The summed E-state index contributed by atoms with van der Waals surface area (Å²) in [5.41, 5.74) is 0. The molecule has 66 valence electrons. The van der Waals surface area contributed by atoms with Crippen LogP contribution in [0.25, 0.3) is 0 Å². The molecule has 3 nitrogen and oxygen atoms in total. The molecule has 0 N–H and O–H groups in total. The van der Waals surface area contributed by atoms with Crippen LogP contribution in [0.4, 0.5) is 5.82 Å². The number of rotatable bonds is 3. The molecule has 0 fully saturated rings. The Labute approximate surface area is 73.5 Å². The molecule has 0 atom stereocenters. The number of hydrogen-bond acceptors (Lipinski definition) is 3. The topological polar surface area (TPSA) is 29.0 Å². The van der Waals surface area contributed by atoms with Gasteiger partial charge in [-0.25, -0.2) is 4.98 Å². The summed E-state index contributed by atoms with van der Waals surface area (Å²) in [7, 11) is 2.03. The Kier molecular flexibility index (Phi) is 3.02. The molecule has 0 aliphatic heterocycles. The maximum atomic E-state index is 4.20. The number of hydrogen-bond donors (Lipinski definition) is 0. The highest BCUT2D eigenvalue weighted by molar-refractivity contribution is 5.33. The molecule has 0 aliphatic rings. The quantitative estimate of drug-likeness (QED) is 0.680. The first-order chi connectivity index (χ1) is 5.70. The van der Waals surface area contributed by atoms with Gasteiger partial charge < -0.3 is 4.90 Å². The van der Waals surface area contributed by atoms with Crippen molar-refractivity contribution in [1.29, 1.82) is 0 Å². The Balaban J connectivity index is 2.59. The fourth-order valence-electron chi connectivity index (χ4n) is 1.13. The third-order valence-corrected chi connectivity index (χ3v) is 1.58. The van der Waals surface area contributed by atoms with E-state index in [2.05, 4.69) is 28.7 Å². The molecule has 0 radical (unpaired) electrons. The smallest absolute Gasteiger partial charge is 0.146 e. The molecule has 0 bridgehead atoms. The summed E-state index contributed by atoms with van der Waals surface area (Å²) in [4.78, 5) is 10.3. The lowest BCUT2D eigenvalue weighted by Crippen LogP contribution is -2.23. The van der Waals surface area contributed by atoms with Gasteiger partial charge in [-0.05, 0) is 5.92 Å². The second-order valence-corrected chi connectivity index (χ2v) is 3.34. The molecule has 0 aromatic carbocycles. The fourth-order valence-corrected chi connectivity index (χ4v) is 1.13. The predicted molar refractivity (Wildman–Crippen MR) is 50.1 cm³/mol. The summed E-state index contributed by atoms with van der Waals surface area (Å²) in [6, 6.07) is 0. The van der Waals surface area contributed by atoms with E-state index in [1.807, 2.05) is 7.05 Å². The van der Waals surface area contributed by atoms with E-state index < -0.39 is 0 Å². The molecular weight excluding hydrogens is 150 g/mol. The van der Waals surface area contributed by atoms with Crippen LogP contribution in [-0.4, -0.2) is 23.6 Å². The minimum Gasteiger partial charge on any atom is -0.358 e. The highest BCUT2D eigenvalue weighted by atomic mass is 15.2. The molecule has 1 aromatic rings. The molecule has 1 heterocycles. The maximum absolute atomic E-state index is 4.20. The molecule has 0 amide bonds. The highest BCUT2D eigenvalue weighted by Crippen LogP contribution is 2.06. The zero-order valence-electron chi connectivity index (χ0n) is 7.86. The van der Waals surface area contributed by atoms with E-state index in [0.29, 0.717) is 5.92 Å². The van der Waals surface area contributed by atoms with Crippen molar-refractivity contribution in [3.63, 3.8) is 0 Å². The third kappa shape index (κ3) is 2.49. The molecule has 1 rings (SSSR count). The minimum absolute atomic E-state index is 0.650. The second kappa shape index (κ2) is 4.04. The number of aromatic nitrogens is 2. The standard InChI is InChI=1S/C9H15N3/c1-8(2)7-12(3)9-6-10-4-5-11-9/h4-6,8H,7H2,1-3H3. The van der Waals surface area contributed by atoms with E-state index in [-0.39, 0.29) is 0 Å². The van der Waals surface area contributed by atoms with Crippen molar-refractivity contribution >= 4 is 5.82 Å². The Morgan fingerprint density at radius 2 is 2.17 bits per heavy atom. The van der Waals surface area contributed by atoms with Crippen LogP contribution in [0.15, 0.2) is 18.6 Å². The number of anilines is 1. The van der Waals surface area contributed by atoms with Gasteiger partial charge in [-0.3, -0.25) is 4.98 Å². The van der Waals surface area contributed by atoms with Crippen LogP contribution in [0.1, 0.15) is 13.8 Å². The first-order valence-corrected chi connectivity index (χ1v) is 4.17. The largest absolute Gasteiger partial charge is 0.358 e. The summed E-state index contributed by atoms with van der Waals surface area (Å²) in [5, 5.41) is 0. The first-order valence-electron chi connectivity index (χ1n) is 4.17. The van der Waals surface area contributed by atoms with E-state index in [0.717, 1.165) is 12.4 Å². The average molecular weight is 165 g/mol. The van der Waals surface area contributed by atoms with Crippen molar-refractivity contribution in [2.75, 3.05) is 18.5 Å². The van der Waals surface area contributed by atoms with Gasteiger partial charge in [-0.1, -0.05) is 13.8 Å². The molecular formula is C9H15N3. The fraction of sp³-hybridized carbons (Fsp3) is 0.556. The molecule has 0 unspecified atom stereocenters. The monoisotopic (exact) mass is 165 g/mol. The lowest BCUT2D eigenvalue weighted by Gasteiger charge is -2.19. The molecule has 1 aromatic heterocycles. The minimum atomic E-state index is 0.650. The summed E-state index contributed by atoms with van der Waals surface area (Å²) in [6.07, 6.45) is 5.18. The second-order valence-electron chi connectivity index (χ2n) is 3.34. The Morgan fingerprint density at radius 1 is 1.42 bits per heavy atom. The molecule has 3 heteroatoms. The SMILES string of the molecule is CC(C)CN(C)c1cnccn1. The summed E-state index contributed by atoms with van der Waals surface area (Å²) < 4.78 is 0. The lowest BCUT2D eigenvalue weighted by molar-refractivity contribution is 0.634. The Morgan fingerprint density at radius 3 is 2.67 bits per heavy atom. The van der Waals surface area contributed by atoms with Crippen molar-refractivity contribution in [3.05, 3.63) is 18.6 Å². The average Bonchev–Trinajstić information content (AvgIpc) is 2.05. The third-order valence-electron chi connectivity index (χ3n) is 1.58. The summed E-state index contributed by atoms with van der Waals surface area (Å²) in [6.45, 7) is 5.39. The molecule has 0 spiro atoms. The van der Waals surface area contributed by atoms with Crippen LogP contribution in [0.3, 0.4) is 0 Å². The predicted octanol–water partition coefficient (Wildman–Crippen LogP) is 1.57. The molecule has 0 saturated heterocycles. The van der Waals surface area contributed by atoms with Gasteiger partial charge >= 0.3 is 0 Å². The zero-order valence-corrected chi connectivity index (χ0v) is 7.86. The van der Waals surface area contributed by atoms with Crippen LogP contribution in [0, 0.1) is 5.92 Å². The maximum Gasteiger partial charge on any atom is 0.146 e. The van der Waals surface area contributed by atoms with Crippen molar-refractivity contribution < 1.29 is 0 Å². The summed E-state index contributed by atoms with van der Waals surface area (Å²) >= 11 is 0. The van der Waals surface area contributed by atoms with E-state index in [4.69, 9.17) is 0 Å². The molecule has 0 saturated carbocycles. The first kappa shape index (κ1) is 8.97. The van der Waals surface area contributed by atoms with Crippen molar-refractivity contribution in [2.24, 2.45) is 5.92 Å². The van der Waals surface area contributed by atoms with Gasteiger partial charge in [0.05, 0.1) is 6.20 Å². The molecule has 0 aliphatic carbocycles. The van der Waals surface area contributed by atoms with Gasteiger partial charge in [0.1, 0.15) is 5.82 Å². The normalized spacial score (nSPS) is 10.3. The highest BCUT2D eigenvalue weighted by Gasteiger charge is 2.02. The zero-order chi connectivity index (χ0) is 8.97. The van der Waals surface area contributed by atoms with Crippen LogP contribution in [0.2, 0.25) is 0 Å².